The van der Waals surface area contributed by atoms with Crippen LogP contribution < -0.4 is 11.1 Å². The molecule has 1 aliphatic carbocycles. The third-order valence-electron chi connectivity index (χ3n) is 4.56. The third-order valence-corrected chi connectivity index (χ3v) is 4.82. The number of halogens is 1. The summed E-state index contributed by atoms with van der Waals surface area (Å²) in [5.74, 6) is -0.523. The Labute approximate surface area is 160 Å². The topological polar surface area (TPSA) is 149 Å². The molecule has 6 N–H and O–H groups in total. The predicted molar refractivity (Wildman–Crippen MR) is 101 cm³/mol. The molecule has 1 aromatic carbocycles. The summed E-state index contributed by atoms with van der Waals surface area (Å²) < 4.78 is 0. The number of azo groups is 1. The van der Waals surface area contributed by atoms with E-state index in [1.807, 2.05) is 19.1 Å². The zero-order chi connectivity index (χ0) is 19.6. The molecule has 3 rings (SSSR count). The molecule has 0 saturated heterocycles. The molecule has 9 nitrogen and oxygen atoms in total. The molecule has 0 amide bonds. The van der Waals surface area contributed by atoms with Gasteiger partial charge in [0.1, 0.15) is 6.10 Å². The lowest BCUT2D eigenvalue weighted by molar-refractivity contribution is -0.0545. The van der Waals surface area contributed by atoms with Crippen LogP contribution >= 0.6 is 11.6 Å². The van der Waals surface area contributed by atoms with Crippen molar-refractivity contribution in [2.24, 2.45) is 16.1 Å². The Balaban J connectivity index is 1.92. The fourth-order valence-corrected chi connectivity index (χ4v) is 3.19. The van der Waals surface area contributed by atoms with Gasteiger partial charge < -0.3 is 26.4 Å². The van der Waals surface area contributed by atoms with Crippen LogP contribution in [0.5, 0.6) is 0 Å². The zero-order valence-corrected chi connectivity index (χ0v) is 15.4. The second kappa shape index (κ2) is 7.73. The highest BCUT2D eigenvalue weighted by Gasteiger charge is 2.47. The normalized spacial score (nSPS) is 25.2. The van der Waals surface area contributed by atoms with Crippen LogP contribution in [-0.4, -0.2) is 43.7 Å². The molecule has 1 saturated carbocycles. The molecule has 3 unspecified atom stereocenters. The van der Waals surface area contributed by atoms with Gasteiger partial charge >= 0.3 is 0 Å². The first-order valence-corrected chi connectivity index (χ1v) is 8.81. The van der Waals surface area contributed by atoms with E-state index in [2.05, 4.69) is 25.5 Å². The summed E-state index contributed by atoms with van der Waals surface area (Å²) in [5, 5.41) is 41.3. The molecule has 0 bridgehead atoms. The van der Waals surface area contributed by atoms with E-state index >= 15 is 0 Å². The number of nitrogens with zero attached hydrogens (tertiary/aromatic N) is 4. The van der Waals surface area contributed by atoms with Crippen LogP contribution in [0.1, 0.15) is 18.4 Å². The highest BCUT2D eigenvalue weighted by molar-refractivity contribution is 6.32. The Hall–Kier alpha value is -2.33. The molecule has 0 spiro atoms. The van der Waals surface area contributed by atoms with Gasteiger partial charge in [-0.2, -0.15) is 15.1 Å². The summed E-state index contributed by atoms with van der Waals surface area (Å²) in [4.78, 5) is 7.90. The number of rotatable bonds is 5. The van der Waals surface area contributed by atoms with Crippen LogP contribution in [0.15, 0.2) is 34.5 Å². The number of aliphatic hydroxyl groups is 3. The molecular formula is C17H21ClN6O3. The summed E-state index contributed by atoms with van der Waals surface area (Å²) >= 11 is 6.14. The Morgan fingerprint density at radius 1 is 1.30 bits per heavy atom. The van der Waals surface area contributed by atoms with Crippen molar-refractivity contribution < 1.29 is 15.3 Å². The van der Waals surface area contributed by atoms with E-state index in [1.165, 1.54) is 0 Å². The van der Waals surface area contributed by atoms with Crippen molar-refractivity contribution in [3.63, 3.8) is 0 Å². The van der Waals surface area contributed by atoms with E-state index in [1.54, 1.807) is 12.1 Å². The quantitative estimate of drug-likeness (QED) is 0.297. The molecule has 3 atom stereocenters. The van der Waals surface area contributed by atoms with Crippen molar-refractivity contribution in [2.75, 3.05) is 17.7 Å². The summed E-state index contributed by atoms with van der Waals surface area (Å²) in [6, 6.07) is 7.36. The second-order valence-electron chi connectivity index (χ2n) is 6.58. The lowest BCUT2D eigenvalue weighted by Gasteiger charge is -2.30. The van der Waals surface area contributed by atoms with Gasteiger partial charge in [0.05, 0.1) is 5.69 Å². The van der Waals surface area contributed by atoms with Gasteiger partial charge in [-0.25, -0.2) is 0 Å². The average Bonchev–Trinajstić information content (AvgIpc) is 2.90. The van der Waals surface area contributed by atoms with Crippen molar-refractivity contribution in [1.29, 1.82) is 0 Å². The predicted octanol–water partition coefficient (Wildman–Crippen LogP) is 2.30. The molecule has 2 aromatic rings. The van der Waals surface area contributed by atoms with Crippen molar-refractivity contribution >= 4 is 34.7 Å². The maximum atomic E-state index is 10.7. The molecule has 144 valence electrons. The standard InChI is InChI=1S/C17H21ClN6O3/c1-9-2-4-11(5-3-9)23-24-12-14(18)20-16(19)21-15(12)22-17(27)7-6-10(8-25)13(17)26/h2-5,10,13,25-27H,6-8H2,1H3,(H3,19,20,21,22). The molecule has 1 aliphatic rings. The van der Waals surface area contributed by atoms with E-state index in [-0.39, 0.29) is 35.6 Å². The number of aromatic nitrogens is 2. The number of benzene rings is 1. The fourth-order valence-electron chi connectivity index (χ4n) is 2.97. The molecule has 1 heterocycles. The maximum Gasteiger partial charge on any atom is 0.223 e. The van der Waals surface area contributed by atoms with Crippen LogP contribution in [0.25, 0.3) is 0 Å². The van der Waals surface area contributed by atoms with E-state index in [0.29, 0.717) is 12.1 Å². The van der Waals surface area contributed by atoms with Crippen molar-refractivity contribution in [2.45, 2.75) is 31.6 Å². The number of nitrogens with one attached hydrogen (secondary N) is 1. The van der Waals surface area contributed by atoms with Crippen LogP contribution in [0.4, 0.5) is 23.1 Å². The molecule has 0 radical (unpaired) electrons. The van der Waals surface area contributed by atoms with Gasteiger partial charge in [0.2, 0.25) is 5.95 Å². The molecule has 10 heteroatoms. The first kappa shape index (κ1) is 19.4. The molecule has 1 fully saturated rings. The number of nitrogens with two attached hydrogens (primary N) is 1. The molecular weight excluding hydrogens is 372 g/mol. The molecule has 1 aromatic heterocycles. The van der Waals surface area contributed by atoms with Crippen LogP contribution in [0, 0.1) is 12.8 Å². The molecule has 0 aliphatic heterocycles. The van der Waals surface area contributed by atoms with E-state index < -0.39 is 17.7 Å². The van der Waals surface area contributed by atoms with E-state index in [9.17, 15) is 15.3 Å². The second-order valence-corrected chi connectivity index (χ2v) is 6.94. The van der Waals surface area contributed by atoms with Crippen LogP contribution in [0.2, 0.25) is 5.15 Å². The highest BCUT2D eigenvalue weighted by atomic mass is 35.5. The average molecular weight is 393 g/mol. The number of nitrogen functional groups attached to an aromatic ring is 1. The Kier molecular flexibility index (Phi) is 5.56. The summed E-state index contributed by atoms with van der Waals surface area (Å²) in [6.07, 6.45) is -0.551. The summed E-state index contributed by atoms with van der Waals surface area (Å²) in [5.41, 5.74) is 5.72. The minimum absolute atomic E-state index is 0.0449. The van der Waals surface area contributed by atoms with E-state index in [0.717, 1.165) is 5.56 Å². The zero-order valence-electron chi connectivity index (χ0n) is 14.7. The summed E-state index contributed by atoms with van der Waals surface area (Å²) in [7, 11) is 0. The third kappa shape index (κ3) is 4.16. The van der Waals surface area contributed by atoms with Gasteiger partial charge in [-0.05, 0) is 31.9 Å². The fraction of sp³-hybridized carbons (Fsp3) is 0.412. The van der Waals surface area contributed by atoms with Gasteiger partial charge in [0.15, 0.2) is 22.4 Å². The SMILES string of the molecule is Cc1ccc(N=Nc2c(Cl)nc(N)nc2NC2(O)CCC(CO)C2O)cc1. The minimum Gasteiger partial charge on any atom is -0.396 e. The molecule has 27 heavy (non-hydrogen) atoms. The smallest absolute Gasteiger partial charge is 0.223 e. The number of hydrogen-bond acceptors (Lipinski definition) is 9. The Morgan fingerprint density at radius 2 is 2.00 bits per heavy atom. The van der Waals surface area contributed by atoms with E-state index in [4.69, 9.17) is 17.3 Å². The largest absolute Gasteiger partial charge is 0.396 e. The van der Waals surface area contributed by atoms with Gasteiger partial charge in [-0.1, -0.05) is 29.3 Å². The van der Waals surface area contributed by atoms with Crippen molar-refractivity contribution in [1.82, 2.24) is 9.97 Å². The monoisotopic (exact) mass is 392 g/mol. The number of aliphatic hydroxyl groups excluding tert-OH is 2. The van der Waals surface area contributed by atoms with Gasteiger partial charge in [0.25, 0.3) is 0 Å². The highest BCUT2D eigenvalue weighted by Crippen LogP contribution is 2.39. The van der Waals surface area contributed by atoms with Crippen molar-refractivity contribution in [3.8, 4) is 0 Å². The van der Waals surface area contributed by atoms with Gasteiger partial charge in [0, 0.05) is 12.5 Å². The Morgan fingerprint density at radius 3 is 2.63 bits per heavy atom. The first-order valence-electron chi connectivity index (χ1n) is 8.43. The van der Waals surface area contributed by atoms with Crippen LogP contribution in [-0.2, 0) is 0 Å². The number of hydrogen-bond donors (Lipinski definition) is 5. The lowest BCUT2D eigenvalue weighted by Crippen LogP contribution is -2.48. The first-order chi connectivity index (χ1) is 12.8. The Bertz CT molecular complexity index is 847. The summed E-state index contributed by atoms with van der Waals surface area (Å²) in [6.45, 7) is 1.72. The minimum atomic E-state index is -1.70. The number of anilines is 2. The van der Waals surface area contributed by atoms with Gasteiger partial charge in [-0.3, -0.25) is 0 Å². The number of aryl methyl sites for hydroxylation is 1. The maximum absolute atomic E-state index is 10.7. The lowest BCUT2D eigenvalue weighted by atomic mass is 10.0. The van der Waals surface area contributed by atoms with Gasteiger partial charge in [-0.15, -0.1) is 5.11 Å². The van der Waals surface area contributed by atoms with Crippen molar-refractivity contribution in [3.05, 3.63) is 35.0 Å². The van der Waals surface area contributed by atoms with Crippen LogP contribution in [0.3, 0.4) is 0 Å².